The van der Waals surface area contributed by atoms with Crippen LogP contribution in [0.2, 0.25) is 0 Å². The second kappa shape index (κ2) is 11.4. The van der Waals surface area contributed by atoms with E-state index in [-0.39, 0.29) is 19.6 Å². The molecule has 3 aromatic carbocycles. The third kappa shape index (κ3) is 6.37. The molecule has 2 N–H and O–H groups in total. The minimum atomic E-state index is -3.38. The van der Waals surface area contributed by atoms with Crippen molar-refractivity contribution in [2.75, 3.05) is 6.61 Å². The average Bonchev–Trinajstić information content (AvgIpc) is 2.84. The van der Waals surface area contributed by atoms with E-state index in [2.05, 4.69) is 4.74 Å². The molecule has 0 saturated heterocycles. The van der Waals surface area contributed by atoms with Gasteiger partial charge in [0.1, 0.15) is 12.6 Å². The molecule has 0 amide bonds. The third-order valence-corrected chi connectivity index (χ3v) is 7.08. The molecule has 0 bridgehead atoms. The van der Waals surface area contributed by atoms with Crippen molar-refractivity contribution in [3.63, 3.8) is 0 Å². The van der Waals surface area contributed by atoms with Gasteiger partial charge in [-0.3, -0.25) is 4.57 Å². The molecule has 7 nitrogen and oxygen atoms in total. The van der Waals surface area contributed by atoms with Crippen LogP contribution in [0.1, 0.15) is 12.0 Å². The second-order valence-corrected chi connectivity index (χ2v) is 9.29. The Kier molecular flexibility index (Phi) is 8.34. The molecule has 0 aromatic heterocycles. The lowest BCUT2D eigenvalue weighted by atomic mass is 10.2. The lowest BCUT2D eigenvalue weighted by Crippen LogP contribution is -2.35. The molecule has 0 saturated carbocycles. The minimum absolute atomic E-state index is 0.00839. The lowest BCUT2D eigenvalue weighted by Gasteiger charge is -2.20. The van der Waals surface area contributed by atoms with Crippen molar-refractivity contribution in [3.8, 4) is 0 Å². The van der Waals surface area contributed by atoms with Gasteiger partial charge in [-0.05, 0) is 36.2 Å². The molecule has 0 radical (unpaired) electrons. The highest BCUT2D eigenvalue weighted by Gasteiger charge is 2.29. The Bertz CT molecular complexity index is 1020. The first kappa shape index (κ1) is 23.4. The van der Waals surface area contributed by atoms with Crippen LogP contribution in [0.5, 0.6) is 0 Å². The van der Waals surface area contributed by atoms with E-state index in [1.54, 1.807) is 72.8 Å². The van der Waals surface area contributed by atoms with Crippen LogP contribution in [0.3, 0.4) is 0 Å². The smallest absolute Gasteiger partial charge is 0.429 e. The quantitative estimate of drug-likeness (QED) is 0.300. The van der Waals surface area contributed by atoms with Crippen LogP contribution in [0, 0.1) is 0 Å². The second-order valence-electron chi connectivity index (χ2n) is 6.90. The molecule has 32 heavy (non-hydrogen) atoms. The van der Waals surface area contributed by atoms with Crippen molar-refractivity contribution < 1.29 is 28.2 Å². The molecule has 0 aliphatic rings. The Hall–Kier alpha value is -3.25. The molecule has 0 aliphatic carbocycles. The zero-order valence-corrected chi connectivity index (χ0v) is 18.2. The highest BCUT2D eigenvalue weighted by atomic mass is 31.2. The molecule has 8 heteroatoms. The van der Waals surface area contributed by atoms with Gasteiger partial charge in [0.25, 0.3) is 7.37 Å². The highest BCUT2D eigenvalue weighted by molar-refractivity contribution is 7.74. The number of esters is 1. The molecular formula is C24H24NO6P. The van der Waals surface area contributed by atoms with Crippen LogP contribution in [-0.4, -0.2) is 24.8 Å². The molecule has 0 aliphatic heterocycles. The number of benzene rings is 3. The molecule has 3 aromatic rings. The monoisotopic (exact) mass is 453 g/mol. The molecule has 1 atom stereocenters. The SMILES string of the molecule is N[C@@H](CCOP(=O)(c1ccccc1)c1ccccc1)C(=O)OC(=O)OCc1ccccc1. The topological polar surface area (TPSA) is 105 Å². The Labute approximate surface area is 186 Å². The van der Waals surface area contributed by atoms with Gasteiger partial charge in [0.05, 0.1) is 6.61 Å². The Morgan fingerprint density at radius 1 is 0.812 bits per heavy atom. The minimum Gasteiger partial charge on any atom is -0.429 e. The van der Waals surface area contributed by atoms with Crippen molar-refractivity contribution in [1.82, 2.24) is 0 Å². The van der Waals surface area contributed by atoms with Gasteiger partial charge in [0, 0.05) is 10.6 Å². The zero-order chi connectivity index (χ0) is 22.8. The van der Waals surface area contributed by atoms with Gasteiger partial charge in [-0.2, -0.15) is 0 Å². The first-order valence-corrected chi connectivity index (χ1v) is 11.7. The standard InChI is InChI=1S/C24H24NO6P/c25-22(23(26)31-24(27)29-18-19-10-4-1-5-11-19)16-17-30-32(28,20-12-6-2-7-13-20)21-14-8-3-9-15-21/h1-15,22H,16-18,25H2/t22-/m0/s1. The van der Waals surface area contributed by atoms with Gasteiger partial charge in [0.2, 0.25) is 0 Å². The number of hydrogen-bond acceptors (Lipinski definition) is 7. The summed E-state index contributed by atoms with van der Waals surface area (Å²) in [5, 5.41) is 1.07. The van der Waals surface area contributed by atoms with Crippen LogP contribution >= 0.6 is 7.37 Å². The lowest BCUT2D eigenvalue weighted by molar-refractivity contribution is -0.141. The van der Waals surface area contributed by atoms with Gasteiger partial charge in [0.15, 0.2) is 0 Å². The van der Waals surface area contributed by atoms with Crippen molar-refractivity contribution in [1.29, 1.82) is 0 Å². The number of rotatable bonds is 9. The number of hydrogen-bond donors (Lipinski definition) is 1. The largest absolute Gasteiger partial charge is 0.516 e. The number of nitrogens with two attached hydrogens (primary N) is 1. The maximum absolute atomic E-state index is 13.7. The number of carbonyl (C=O) groups is 2. The summed E-state index contributed by atoms with van der Waals surface area (Å²) in [4.78, 5) is 23.8. The van der Waals surface area contributed by atoms with Crippen molar-refractivity contribution >= 4 is 30.1 Å². The van der Waals surface area contributed by atoms with E-state index < -0.39 is 25.5 Å². The zero-order valence-electron chi connectivity index (χ0n) is 17.3. The van der Waals surface area contributed by atoms with Crippen molar-refractivity contribution in [2.24, 2.45) is 5.73 Å². The first-order chi connectivity index (χ1) is 15.5. The molecular weight excluding hydrogens is 429 g/mol. The molecule has 0 heterocycles. The summed E-state index contributed by atoms with van der Waals surface area (Å²) in [5.74, 6) is -0.944. The van der Waals surface area contributed by atoms with E-state index in [1.165, 1.54) is 0 Å². The summed E-state index contributed by atoms with van der Waals surface area (Å²) >= 11 is 0. The van der Waals surface area contributed by atoms with E-state index in [9.17, 15) is 14.2 Å². The van der Waals surface area contributed by atoms with Gasteiger partial charge >= 0.3 is 12.1 Å². The van der Waals surface area contributed by atoms with Gasteiger partial charge in [-0.25, -0.2) is 9.59 Å². The maximum atomic E-state index is 13.7. The summed E-state index contributed by atoms with van der Waals surface area (Å²) in [6, 6.07) is 25.5. The van der Waals surface area contributed by atoms with Crippen LogP contribution in [0.4, 0.5) is 4.79 Å². The predicted octanol–water partition coefficient (Wildman–Crippen LogP) is 3.53. The number of ether oxygens (including phenoxy) is 2. The summed E-state index contributed by atoms with van der Waals surface area (Å²) in [6.45, 7) is -0.0982. The predicted molar refractivity (Wildman–Crippen MR) is 121 cm³/mol. The normalized spacial score (nSPS) is 12.0. The Morgan fingerprint density at radius 3 is 1.84 bits per heavy atom. The van der Waals surface area contributed by atoms with Crippen LogP contribution in [0.15, 0.2) is 91.0 Å². The summed E-state index contributed by atoms with van der Waals surface area (Å²) in [6.07, 6.45) is -1.12. The molecule has 0 fully saturated rings. The summed E-state index contributed by atoms with van der Waals surface area (Å²) in [7, 11) is -3.38. The third-order valence-electron chi connectivity index (χ3n) is 4.58. The maximum Gasteiger partial charge on any atom is 0.516 e. The number of carbonyl (C=O) groups excluding carboxylic acids is 2. The Balaban J connectivity index is 1.53. The van der Waals surface area contributed by atoms with Crippen LogP contribution < -0.4 is 16.3 Å². The molecule has 166 valence electrons. The van der Waals surface area contributed by atoms with Crippen LogP contribution in [0.25, 0.3) is 0 Å². The average molecular weight is 453 g/mol. The van der Waals surface area contributed by atoms with Crippen LogP contribution in [-0.2, 0) is 30.0 Å². The highest BCUT2D eigenvalue weighted by Crippen LogP contribution is 2.44. The van der Waals surface area contributed by atoms with Gasteiger partial charge < -0.3 is 19.7 Å². The first-order valence-electron chi connectivity index (χ1n) is 10.0. The van der Waals surface area contributed by atoms with E-state index >= 15 is 0 Å². The van der Waals surface area contributed by atoms with E-state index in [0.717, 1.165) is 5.56 Å². The van der Waals surface area contributed by atoms with Gasteiger partial charge in [-0.1, -0.05) is 66.7 Å². The fourth-order valence-electron chi connectivity index (χ4n) is 2.88. The van der Waals surface area contributed by atoms with E-state index in [1.807, 2.05) is 18.2 Å². The van der Waals surface area contributed by atoms with E-state index in [0.29, 0.717) is 10.6 Å². The van der Waals surface area contributed by atoms with Gasteiger partial charge in [-0.15, -0.1) is 0 Å². The van der Waals surface area contributed by atoms with Crippen molar-refractivity contribution in [2.45, 2.75) is 19.1 Å². The fraction of sp³-hybridized carbons (Fsp3) is 0.167. The Morgan fingerprint density at radius 2 is 1.31 bits per heavy atom. The summed E-state index contributed by atoms with van der Waals surface area (Å²) in [5.41, 5.74) is 6.58. The fourth-order valence-corrected chi connectivity index (χ4v) is 4.96. The van der Waals surface area contributed by atoms with Crippen molar-refractivity contribution in [3.05, 3.63) is 96.6 Å². The molecule has 0 unspecified atom stereocenters. The van der Waals surface area contributed by atoms with E-state index in [4.69, 9.17) is 15.0 Å². The summed E-state index contributed by atoms with van der Waals surface area (Å²) < 4.78 is 29.0. The molecule has 3 rings (SSSR count). The molecule has 0 spiro atoms.